The van der Waals surface area contributed by atoms with Crippen LogP contribution in [0.1, 0.15) is 12.6 Å². The van der Waals surface area contributed by atoms with E-state index in [1.165, 1.54) is 37.4 Å². The third kappa shape index (κ3) is 4.79. The molecule has 1 aromatic heterocycles. The Morgan fingerprint density at radius 3 is 2.06 bits per heavy atom. The average molecular weight is 455 g/mol. The number of fused-ring (bicyclic) bond motifs is 1. The monoisotopic (exact) mass is 455 g/mol. The van der Waals surface area contributed by atoms with Crippen molar-refractivity contribution in [2.24, 2.45) is 0 Å². The molecule has 0 amide bonds. The Bertz CT molecular complexity index is 1360. The highest BCUT2D eigenvalue weighted by Crippen LogP contribution is 2.30. The number of aryl methyl sites for hydroxylation is 1. The number of benzene rings is 3. The van der Waals surface area contributed by atoms with Crippen molar-refractivity contribution in [3.63, 3.8) is 0 Å². The highest BCUT2D eigenvalue weighted by atomic mass is 19.3. The minimum atomic E-state index is -3.27. The normalized spacial score (nSPS) is 11.5. The fourth-order valence-electron chi connectivity index (χ4n) is 3.53. The third-order valence-corrected chi connectivity index (χ3v) is 4.96. The fraction of sp³-hybridized carbons (Fsp3) is 0.160. The van der Waals surface area contributed by atoms with E-state index in [1.807, 2.05) is 0 Å². The molecule has 0 aliphatic rings. The van der Waals surface area contributed by atoms with Crippen molar-refractivity contribution in [1.29, 1.82) is 0 Å². The molecule has 0 saturated heterocycles. The molecule has 3 aromatic carbocycles. The van der Waals surface area contributed by atoms with E-state index >= 15 is 0 Å². The molecule has 170 valence electrons. The minimum absolute atomic E-state index is 0.0188. The molecular weight excluding hydrogens is 435 g/mol. The largest absolute Gasteiger partial charge is 0.494 e. The van der Waals surface area contributed by atoms with Gasteiger partial charge in [0.2, 0.25) is 0 Å². The van der Waals surface area contributed by atoms with E-state index in [0.717, 1.165) is 6.07 Å². The summed E-state index contributed by atoms with van der Waals surface area (Å²) in [6.45, 7) is 2.43. The Balaban J connectivity index is 1.60. The van der Waals surface area contributed by atoms with Crippen LogP contribution in [0.3, 0.4) is 0 Å². The number of hydrogen-bond acceptors (Lipinski definition) is 4. The summed E-state index contributed by atoms with van der Waals surface area (Å²) in [7, 11) is 1.36. The second-order valence-corrected chi connectivity index (χ2v) is 7.49. The van der Waals surface area contributed by atoms with Gasteiger partial charge in [-0.05, 0) is 55.0 Å². The number of pyridine rings is 1. The molecule has 0 aliphatic carbocycles. The SMILES string of the molecule is COc1cc2[nH]c(C)c(-c3ccc(Oc4ccc(OC(C)(F)F)cc4)cc3)c(=O)c2cc1F. The van der Waals surface area contributed by atoms with E-state index in [9.17, 15) is 18.0 Å². The number of rotatable bonds is 6. The Morgan fingerprint density at radius 2 is 1.48 bits per heavy atom. The standard InChI is InChI=1S/C25H20F3NO4/c1-14-23(24(30)19-12-20(26)22(31-3)13-21(19)29-14)15-4-6-16(7-5-15)32-17-8-10-18(11-9-17)33-25(2,27)28/h4-13H,1-3H3,(H,29,30). The first-order chi connectivity index (χ1) is 15.6. The van der Waals surface area contributed by atoms with Gasteiger partial charge in [0.15, 0.2) is 17.0 Å². The highest BCUT2D eigenvalue weighted by Gasteiger charge is 2.23. The van der Waals surface area contributed by atoms with E-state index in [0.29, 0.717) is 40.8 Å². The van der Waals surface area contributed by atoms with Crippen LogP contribution >= 0.6 is 0 Å². The first-order valence-corrected chi connectivity index (χ1v) is 10.00. The van der Waals surface area contributed by atoms with Gasteiger partial charge in [0.1, 0.15) is 17.2 Å². The number of alkyl halides is 2. The van der Waals surface area contributed by atoms with Crippen LogP contribution in [0.4, 0.5) is 13.2 Å². The van der Waals surface area contributed by atoms with E-state index < -0.39 is 11.9 Å². The van der Waals surface area contributed by atoms with Crippen molar-refractivity contribution in [3.05, 3.63) is 82.4 Å². The van der Waals surface area contributed by atoms with Crippen molar-refractivity contribution in [2.45, 2.75) is 20.0 Å². The number of H-pyrrole nitrogens is 1. The van der Waals surface area contributed by atoms with Gasteiger partial charge in [-0.2, -0.15) is 8.78 Å². The first-order valence-electron chi connectivity index (χ1n) is 10.00. The minimum Gasteiger partial charge on any atom is -0.494 e. The van der Waals surface area contributed by atoms with Gasteiger partial charge < -0.3 is 19.2 Å². The zero-order valence-electron chi connectivity index (χ0n) is 18.0. The molecule has 0 atom stereocenters. The summed E-state index contributed by atoms with van der Waals surface area (Å²) in [5.74, 6) is 0.366. The molecule has 33 heavy (non-hydrogen) atoms. The number of halogens is 3. The second kappa shape index (κ2) is 8.54. The quantitative estimate of drug-likeness (QED) is 0.364. The second-order valence-electron chi connectivity index (χ2n) is 7.49. The predicted molar refractivity (Wildman–Crippen MR) is 119 cm³/mol. The van der Waals surface area contributed by atoms with Gasteiger partial charge >= 0.3 is 6.11 Å². The Labute approximate surface area is 187 Å². The summed E-state index contributed by atoms with van der Waals surface area (Å²) in [4.78, 5) is 16.2. The zero-order chi connectivity index (χ0) is 23.8. The maximum Gasteiger partial charge on any atom is 0.394 e. The maximum atomic E-state index is 14.2. The molecule has 1 heterocycles. The topological polar surface area (TPSA) is 60.6 Å². The number of hydrogen-bond donors (Lipinski definition) is 1. The van der Waals surface area contributed by atoms with Crippen LogP contribution < -0.4 is 19.6 Å². The van der Waals surface area contributed by atoms with Crippen molar-refractivity contribution in [3.8, 4) is 34.1 Å². The number of ether oxygens (including phenoxy) is 3. The van der Waals surface area contributed by atoms with Gasteiger partial charge in [0.05, 0.1) is 12.6 Å². The lowest BCUT2D eigenvalue weighted by molar-refractivity contribution is -0.158. The van der Waals surface area contributed by atoms with Crippen molar-refractivity contribution in [2.75, 3.05) is 7.11 Å². The molecule has 0 bridgehead atoms. The lowest BCUT2D eigenvalue weighted by atomic mass is 10.0. The van der Waals surface area contributed by atoms with Gasteiger partial charge in [-0.15, -0.1) is 0 Å². The van der Waals surface area contributed by atoms with Gasteiger partial charge in [-0.25, -0.2) is 4.39 Å². The summed E-state index contributed by atoms with van der Waals surface area (Å²) in [6.07, 6.45) is -3.27. The Morgan fingerprint density at radius 1 is 0.909 bits per heavy atom. The van der Waals surface area contributed by atoms with E-state index in [4.69, 9.17) is 9.47 Å². The molecule has 8 heteroatoms. The molecule has 1 N–H and O–H groups in total. The Hall–Kier alpha value is -3.94. The number of methoxy groups -OCH3 is 1. The van der Waals surface area contributed by atoms with E-state index in [-0.39, 0.29) is 22.3 Å². The van der Waals surface area contributed by atoms with E-state index in [1.54, 1.807) is 31.2 Å². The number of nitrogens with one attached hydrogen (secondary N) is 1. The van der Waals surface area contributed by atoms with Crippen LogP contribution in [-0.4, -0.2) is 18.2 Å². The van der Waals surface area contributed by atoms with Gasteiger partial charge in [0, 0.05) is 29.6 Å². The van der Waals surface area contributed by atoms with Crippen LogP contribution in [0.2, 0.25) is 0 Å². The highest BCUT2D eigenvalue weighted by molar-refractivity contribution is 5.86. The molecule has 0 radical (unpaired) electrons. The summed E-state index contributed by atoms with van der Waals surface area (Å²) >= 11 is 0. The predicted octanol–water partition coefficient (Wildman–Crippen LogP) is 6.44. The first kappa shape index (κ1) is 22.3. The van der Waals surface area contributed by atoms with Crippen LogP contribution in [0.25, 0.3) is 22.0 Å². The van der Waals surface area contributed by atoms with Crippen molar-refractivity contribution < 1.29 is 27.4 Å². The fourth-order valence-corrected chi connectivity index (χ4v) is 3.53. The molecule has 0 spiro atoms. The zero-order valence-corrected chi connectivity index (χ0v) is 18.0. The third-order valence-electron chi connectivity index (χ3n) is 4.96. The smallest absolute Gasteiger partial charge is 0.394 e. The van der Waals surface area contributed by atoms with Gasteiger partial charge in [-0.1, -0.05) is 12.1 Å². The van der Waals surface area contributed by atoms with Crippen molar-refractivity contribution >= 4 is 10.9 Å². The molecule has 4 aromatic rings. The molecular formula is C25H20F3NO4. The van der Waals surface area contributed by atoms with Gasteiger partial charge in [-0.3, -0.25) is 4.79 Å². The van der Waals surface area contributed by atoms with Crippen LogP contribution in [0.15, 0.2) is 65.5 Å². The number of aromatic amines is 1. The van der Waals surface area contributed by atoms with Gasteiger partial charge in [0.25, 0.3) is 0 Å². The Kier molecular flexibility index (Phi) is 5.76. The summed E-state index contributed by atoms with van der Waals surface area (Å²) < 4.78 is 55.2. The molecule has 0 aliphatic heterocycles. The summed E-state index contributed by atoms with van der Waals surface area (Å²) in [5, 5.41) is 0.217. The van der Waals surface area contributed by atoms with Crippen LogP contribution in [0, 0.1) is 12.7 Å². The summed E-state index contributed by atoms with van der Waals surface area (Å²) in [6, 6.07) is 15.2. The van der Waals surface area contributed by atoms with Crippen LogP contribution in [0.5, 0.6) is 23.0 Å². The molecule has 5 nitrogen and oxygen atoms in total. The van der Waals surface area contributed by atoms with E-state index in [2.05, 4.69) is 9.72 Å². The molecule has 0 fully saturated rings. The molecule has 0 saturated carbocycles. The van der Waals surface area contributed by atoms with Crippen molar-refractivity contribution in [1.82, 2.24) is 4.98 Å². The lowest BCUT2D eigenvalue weighted by Crippen LogP contribution is -2.18. The molecule has 0 unspecified atom stereocenters. The average Bonchev–Trinajstić information content (AvgIpc) is 2.75. The number of aromatic nitrogens is 1. The lowest BCUT2D eigenvalue weighted by Gasteiger charge is -2.13. The van der Waals surface area contributed by atoms with Crippen LogP contribution in [-0.2, 0) is 0 Å². The summed E-state index contributed by atoms with van der Waals surface area (Å²) in [5.41, 5.74) is 1.85. The molecule has 4 rings (SSSR count). The maximum absolute atomic E-state index is 14.2.